The molecule has 0 radical (unpaired) electrons. The molecule has 0 spiro atoms. The normalized spacial score (nSPS) is 16.9. The molecule has 1 aromatic rings. The van der Waals surface area contributed by atoms with Gasteiger partial charge in [-0.1, -0.05) is 0 Å². The molecule has 0 amide bonds. The second kappa shape index (κ2) is 5.28. The van der Waals surface area contributed by atoms with E-state index in [0.717, 1.165) is 18.6 Å². The minimum absolute atomic E-state index is 0. The van der Waals surface area contributed by atoms with Crippen LogP contribution in [0.2, 0.25) is 0 Å². The van der Waals surface area contributed by atoms with Crippen molar-refractivity contribution in [3.8, 4) is 5.75 Å². The maximum absolute atomic E-state index is 10.5. The summed E-state index contributed by atoms with van der Waals surface area (Å²) in [6.45, 7) is 0. The molecular weight excluding hydrogens is 211 g/mol. The van der Waals surface area contributed by atoms with Gasteiger partial charge >= 0.3 is 29.6 Å². The Kier molecular flexibility index (Phi) is 4.60. The first-order valence-electron chi connectivity index (χ1n) is 4.12. The van der Waals surface area contributed by atoms with Gasteiger partial charge in [-0.3, -0.25) is 4.21 Å². The molecule has 1 saturated carbocycles. The summed E-state index contributed by atoms with van der Waals surface area (Å²) in [6, 6.07) is 6.45. The zero-order chi connectivity index (χ0) is 9.26. The van der Waals surface area contributed by atoms with E-state index in [2.05, 4.69) is 0 Å². The summed E-state index contributed by atoms with van der Waals surface area (Å²) < 4.78 is 26.5. The van der Waals surface area contributed by atoms with Crippen molar-refractivity contribution in [2.24, 2.45) is 0 Å². The van der Waals surface area contributed by atoms with Crippen molar-refractivity contribution in [1.82, 2.24) is 0 Å². The van der Waals surface area contributed by atoms with Gasteiger partial charge in [0.1, 0.15) is 5.75 Å². The van der Waals surface area contributed by atoms with Crippen LogP contribution < -0.4 is 34.3 Å². The fraction of sp³-hybridized carbons (Fsp3) is 0.333. The van der Waals surface area contributed by atoms with E-state index in [4.69, 9.17) is 4.74 Å². The summed E-state index contributed by atoms with van der Waals surface area (Å²) in [5.41, 5.74) is 0. The second-order valence-corrected chi connectivity index (χ2v) is 3.96. The van der Waals surface area contributed by atoms with E-state index in [1.54, 1.807) is 24.3 Å². The molecule has 0 aliphatic heterocycles. The first-order valence-corrected chi connectivity index (χ1v) is 5.19. The van der Waals surface area contributed by atoms with Crippen LogP contribution in [0.25, 0.3) is 0 Å². The molecule has 1 fully saturated rings. The molecule has 70 valence electrons. The molecule has 0 aromatic heterocycles. The van der Waals surface area contributed by atoms with Crippen LogP contribution in [0.1, 0.15) is 12.8 Å². The quantitative estimate of drug-likeness (QED) is 0.458. The van der Waals surface area contributed by atoms with E-state index in [9.17, 15) is 8.76 Å². The Morgan fingerprint density at radius 1 is 1.29 bits per heavy atom. The van der Waals surface area contributed by atoms with Gasteiger partial charge in [-0.2, -0.15) is 0 Å². The Balaban J connectivity index is 0.000000980. The summed E-state index contributed by atoms with van der Waals surface area (Å²) >= 11 is -2.14. The van der Waals surface area contributed by atoms with E-state index in [1.807, 2.05) is 0 Å². The van der Waals surface area contributed by atoms with Crippen molar-refractivity contribution in [1.29, 1.82) is 0 Å². The molecule has 1 aromatic carbocycles. The maximum Gasteiger partial charge on any atom is 1.00 e. The van der Waals surface area contributed by atoms with Crippen LogP contribution in [0, 0.1) is 0 Å². The molecule has 0 N–H and O–H groups in total. The van der Waals surface area contributed by atoms with Gasteiger partial charge in [0.2, 0.25) is 0 Å². The molecule has 1 aliphatic rings. The third kappa shape index (κ3) is 3.37. The van der Waals surface area contributed by atoms with Crippen molar-refractivity contribution in [2.45, 2.75) is 23.8 Å². The van der Waals surface area contributed by atoms with E-state index < -0.39 is 11.1 Å². The van der Waals surface area contributed by atoms with Crippen LogP contribution in [-0.2, 0) is 11.1 Å². The predicted molar refractivity (Wildman–Crippen MR) is 47.3 cm³/mol. The van der Waals surface area contributed by atoms with Gasteiger partial charge in [0.05, 0.1) is 6.10 Å². The van der Waals surface area contributed by atoms with Crippen LogP contribution in [0.4, 0.5) is 0 Å². The van der Waals surface area contributed by atoms with Crippen molar-refractivity contribution < 1.29 is 43.1 Å². The van der Waals surface area contributed by atoms with Crippen molar-refractivity contribution in [3.63, 3.8) is 0 Å². The van der Waals surface area contributed by atoms with Gasteiger partial charge in [0.15, 0.2) is 0 Å². The standard InChI is InChI=1S/C9H10O3S.Na/c10-13(11)9-5-3-8(4-6-9)12-7-1-2-7;/h3-7H,1-2H2,(H,10,11);/q;+1/p-1. The first kappa shape index (κ1) is 12.2. The Morgan fingerprint density at radius 2 is 1.86 bits per heavy atom. The van der Waals surface area contributed by atoms with Gasteiger partial charge in [-0.05, 0) is 48.2 Å². The van der Waals surface area contributed by atoms with E-state index in [-0.39, 0.29) is 29.6 Å². The van der Waals surface area contributed by atoms with Crippen molar-refractivity contribution in [2.75, 3.05) is 0 Å². The second-order valence-electron chi connectivity index (χ2n) is 3.02. The molecule has 1 aliphatic carbocycles. The molecule has 0 heterocycles. The summed E-state index contributed by atoms with van der Waals surface area (Å²) in [5, 5.41) is 0. The number of hydrogen-bond donors (Lipinski definition) is 0. The zero-order valence-corrected chi connectivity index (χ0v) is 10.8. The van der Waals surface area contributed by atoms with Crippen LogP contribution in [-0.4, -0.2) is 14.9 Å². The molecule has 14 heavy (non-hydrogen) atoms. The van der Waals surface area contributed by atoms with Gasteiger partial charge < -0.3 is 9.29 Å². The van der Waals surface area contributed by atoms with E-state index in [0.29, 0.717) is 11.0 Å². The largest absolute Gasteiger partial charge is 1.00 e. The summed E-state index contributed by atoms with van der Waals surface area (Å²) in [5.74, 6) is 0.747. The van der Waals surface area contributed by atoms with Gasteiger partial charge in [-0.15, -0.1) is 0 Å². The third-order valence-corrected chi connectivity index (χ3v) is 2.50. The summed E-state index contributed by atoms with van der Waals surface area (Å²) in [4.78, 5) is 0.295. The minimum Gasteiger partial charge on any atom is -0.768 e. The first-order chi connectivity index (χ1) is 6.25. The summed E-state index contributed by atoms with van der Waals surface area (Å²) in [7, 11) is 0. The zero-order valence-electron chi connectivity index (χ0n) is 7.93. The minimum atomic E-state index is -2.14. The average molecular weight is 220 g/mol. The van der Waals surface area contributed by atoms with Crippen LogP contribution in [0.15, 0.2) is 29.2 Å². The number of ether oxygens (including phenoxy) is 1. The van der Waals surface area contributed by atoms with Crippen LogP contribution in [0.5, 0.6) is 5.75 Å². The monoisotopic (exact) mass is 220 g/mol. The molecule has 0 saturated heterocycles. The van der Waals surface area contributed by atoms with Crippen LogP contribution >= 0.6 is 0 Å². The fourth-order valence-corrected chi connectivity index (χ4v) is 1.37. The number of benzene rings is 1. The Labute approximate surface area is 107 Å². The molecule has 1 atom stereocenters. The molecule has 0 bridgehead atoms. The fourth-order valence-electron chi connectivity index (χ4n) is 1.01. The number of rotatable bonds is 3. The van der Waals surface area contributed by atoms with Gasteiger partial charge in [0, 0.05) is 4.90 Å². The Hall–Kier alpha value is 0.130. The Morgan fingerprint density at radius 3 is 2.29 bits per heavy atom. The third-order valence-electron chi connectivity index (χ3n) is 1.84. The molecule has 1 unspecified atom stereocenters. The maximum atomic E-state index is 10.5. The molecule has 2 rings (SSSR count). The Bertz CT molecular complexity index is 321. The number of hydrogen-bond acceptors (Lipinski definition) is 3. The van der Waals surface area contributed by atoms with Crippen LogP contribution in [0.3, 0.4) is 0 Å². The predicted octanol–water partition coefficient (Wildman–Crippen LogP) is -1.53. The molecule has 5 heteroatoms. The van der Waals surface area contributed by atoms with Crippen molar-refractivity contribution >= 4 is 11.1 Å². The average Bonchev–Trinajstić information content (AvgIpc) is 2.89. The van der Waals surface area contributed by atoms with E-state index >= 15 is 0 Å². The van der Waals surface area contributed by atoms with Crippen molar-refractivity contribution in [3.05, 3.63) is 24.3 Å². The SMILES string of the molecule is O=S([O-])c1ccc(OC2CC2)cc1.[Na+]. The summed E-state index contributed by atoms with van der Waals surface area (Å²) in [6.07, 6.45) is 2.56. The van der Waals surface area contributed by atoms with Gasteiger partial charge in [-0.25, -0.2) is 0 Å². The van der Waals surface area contributed by atoms with Gasteiger partial charge in [0.25, 0.3) is 0 Å². The molecular formula is C9H9NaO3S. The smallest absolute Gasteiger partial charge is 0.768 e. The molecule has 3 nitrogen and oxygen atoms in total. The van der Waals surface area contributed by atoms with E-state index in [1.165, 1.54) is 0 Å². The topological polar surface area (TPSA) is 49.4 Å².